The van der Waals surface area contributed by atoms with Crippen molar-refractivity contribution in [3.05, 3.63) is 24.3 Å². The summed E-state index contributed by atoms with van der Waals surface area (Å²) in [5.74, 6) is 0.972. The number of hydrogen-bond donors (Lipinski definition) is 1. The second-order valence-electron chi connectivity index (χ2n) is 5.23. The van der Waals surface area contributed by atoms with Gasteiger partial charge in [0.15, 0.2) is 0 Å². The second-order valence-corrected chi connectivity index (χ2v) is 5.23. The molecule has 0 aromatic heterocycles. The van der Waals surface area contributed by atoms with Crippen LogP contribution in [-0.4, -0.2) is 25.4 Å². The molecule has 1 aromatic rings. The van der Waals surface area contributed by atoms with Crippen molar-refractivity contribution >= 4 is 5.69 Å². The maximum absolute atomic E-state index is 6.03. The van der Waals surface area contributed by atoms with Crippen molar-refractivity contribution < 1.29 is 9.47 Å². The van der Waals surface area contributed by atoms with Crippen LogP contribution in [0.25, 0.3) is 0 Å². The first-order chi connectivity index (χ1) is 8.92. The molecule has 98 valence electrons. The molecule has 3 heteroatoms. The summed E-state index contributed by atoms with van der Waals surface area (Å²) in [6, 6.07) is 8.88. The van der Waals surface area contributed by atoms with Crippen molar-refractivity contribution in [3.8, 4) is 5.75 Å². The molecule has 2 fully saturated rings. The zero-order valence-corrected chi connectivity index (χ0v) is 10.7. The van der Waals surface area contributed by atoms with Crippen molar-refractivity contribution in [2.45, 2.75) is 44.2 Å². The lowest BCUT2D eigenvalue weighted by Gasteiger charge is -2.19. The Bertz CT molecular complexity index is 345. The SMILES string of the molecule is c1ccc(OC2CCOC2)c(NC2CCCC2)c1. The number of para-hydroxylation sites is 2. The van der Waals surface area contributed by atoms with E-state index in [2.05, 4.69) is 23.5 Å². The fourth-order valence-electron chi connectivity index (χ4n) is 2.76. The fourth-order valence-corrected chi connectivity index (χ4v) is 2.76. The van der Waals surface area contributed by atoms with Crippen molar-refractivity contribution in [2.24, 2.45) is 0 Å². The molecule has 0 radical (unpaired) electrons. The van der Waals surface area contributed by atoms with Gasteiger partial charge in [-0.15, -0.1) is 0 Å². The first-order valence-corrected chi connectivity index (χ1v) is 7.02. The molecule has 1 heterocycles. The quantitative estimate of drug-likeness (QED) is 0.886. The Morgan fingerprint density at radius 2 is 1.94 bits per heavy atom. The average molecular weight is 247 g/mol. The van der Waals surface area contributed by atoms with Gasteiger partial charge >= 0.3 is 0 Å². The van der Waals surface area contributed by atoms with Crippen LogP contribution in [0.3, 0.4) is 0 Å². The van der Waals surface area contributed by atoms with Crippen LogP contribution >= 0.6 is 0 Å². The first kappa shape index (κ1) is 11.8. The van der Waals surface area contributed by atoms with E-state index in [-0.39, 0.29) is 6.10 Å². The Hall–Kier alpha value is -1.22. The zero-order valence-electron chi connectivity index (χ0n) is 10.7. The number of nitrogens with one attached hydrogen (secondary N) is 1. The standard InChI is InChI=1S/C15H21NO2/c1-2-6-12(5-1)16-14-7-3-4-8-15(14)18-13-9-10-17-11-13/h3-4,7-8,12-13,16H,1-2,5-6,9-11H2. The van der Waals surface area contributed by atoms with Gasteiger partial charge in [-0.25, -0.2) is 0 Å². The van der Waals surface area contributed by atoms with E-state index in [4.69, 9.17) is 9.47 Å². The highest BCUT2D eigenvalue weighted by molar-refractivity contribution is 5.56. The predicted octanol–water partition coefficient (Wildman–Crippen LogP) is 3.21. The Labute approximate surface area is 108 Å². The van der Waals surface area contributed by atoms with Gasteiger partial charge in [0, 0.05) is 12.5 Å². The molecule has 1 saturated heterocycles. The molecule has 3 rings (SSSR count). The van der Waals surface area contributed by atoms with Gasteiger partial charge < -0.3 is 14.8 Å². The van der Waals surface area contributed by atoms with Crippen LogP contribution in [0.4, 0.5) is 5.69 Å². The monoisotopic (exact) mass is 247 g/mol. The van der Waals surface area contributed by atoms with E-state index in [1.807, 2.05) is 6.07 Å². The topological polar surface area (TPSA) is 30.5 Å². The summed E-state index contributed by atoms with van der Waals surface area (Å²) in [6.45, 7) is 1.54. The predicted molar refractivity (Wildman–Crippen MR) is 72.2 cm³/mol. The average Bonchev–Trinajstić information content (AvgIpc) is 3.05. The van der Waals surface area contributed by atoms with Crippen molar-refractivity contribution in [3.63, 3.8) is 0 Å². The number of anilines is 1. The van der Waals surface area contributed by atoms with Gasteiger partial charge in [0.25, 0.3) is 0 Å². The summed E-state index contributed by atoms with van der Waals surface area (Å²) in [4.78, 5) is 0. The van der Waals surface area contributed by atoms with Gasteiger partial charge in [0.05, 0.1) is 18.9 Å². The summed E-state index contributed by atoms with van der Waals surface area (Å²) in [6.07, 6.45) is 6.46. The van der Waals surface area contributed by atoms with E-state index in [1.165, 1.54) is 25.7 Å². The van der Waals surface area contributed by atoms with Gasteiger partial charge in [-0.05, 0) is 25.0 Å². The van der Waals surface area contributed by atoms with Gasteiger partial charge in [0.2, 0.25) is 0 Å². The van der Waals surface area contributed by atoms with Gasteiger partial charge in [0.1, 0.15) is 11.9 Å². The third-order valence-corrected chi connectivity index (χ3v) is 3.78. The lowest BCUT2D eigenvalue weighted by atomic mass is 10.2. The molecule has 1 N–H and O–H groups in total. The van der Waals surface area contributed by atoms with Crippen LogP contribution < -0.4 is 10.1 Å². The molecule has 1 aliphatic carbocycles. The van der Waals surface area contributed by atoms with E-state index in [1.54, 1.807) is 0 Å². The Morgan fingerprint density at radius 1 is 1.11 bits per heavy atom. The van der Waals surface area contributed by atoms with Crippen LogP contribution in [0.2, 0.25) is 0 Å². The molecule has 1 unspecified atom stereocenters. The summed E-state index contributed by atoms with van der Waals surface area (Å²) in [5, 5.41) is 3.62. The second kappa shape index (κ2) is 5.61. The maximum Gasteiger partial charge on any atom is 0.142 e. The molecule has 1 aliphatic heterocycles. The highest BCUT2D eigenvalue weighted by Gasteiger charge is 2.20. The molecule has 0 amide bonds. The van der Waals surface area contributed by atoms with Gasteiger partial charge in [-0.1, -0.05) is 25.0 Å². The van der Waals surface area contributed by atoms with E-state index in [9.17, 15) is 0 Å². The minimum absolute atomic E-state index is 0.219. The molecule has 18 heavy (non-hydrogen) atoms. The number of rotatable bonds is 4. The minimum atomic E-state index is 0.219. The molecular formula is C15H21NO2. The highest BCUT2D eigenvalue weighted by Crippen LogP contribution is 2.30. The molecule has 1 aromatic carbocycles. The first-order valence-electron chi connectivity index (χ1n) is 7.02. The molecule has 2 aliphatic rings. The summed E-state index contributed by atoms with van der Waals surface area (Å²) >= 11 is 0. The maximum atomic E-state index is 6.03. The minimum Gasteiger partial charge on any atom is -0.486 e. The normalized spacial score (nSPS) is 24.3. The zero-order chi connectivity index (χ0) is 12.2. The van der Waals surface area contributed by atoms with Gasteiger partial charge in [-0.2, -0.15) is 0 Å². The lowest BCUT2D eigenvalue weighted by molar-refractivity contribution is 0.142. The summed E-state index contributed by atoms with van der Waals surface area (Å²) in [5.41, 5.74) is 1.14. The van der Waals surface area contributed by atoms with Gasteiger partial charge in [-0.3, -0.25) is 0 Å². The molecule has 0 bridgehead atoms. The van der Waals surface area contributed by atoms with E-state index >= 15 is 0 Å². The van der Waals surface area contributed by atoms with Crippen molar-refractivity contribution in [1.29, 1.82) is 0 Å². The highest BCUT2D eigenvalue weighted by atomic mass is 16.5. The third-order valence-electron chi connectivity index (χ3n) is 3.78. The van der Waals surface area contributed by atoms with Crippen LogP contribution in [0.5, 0.6) is 5.75 Å². The molecule has 1 atom stereocenters. The van der Waals surface area contributed by atoms with E-state index < -0.39 is 0 Å². The van der Waals surface area contributed by atoms with Crippen LogP contribution in [0, 0.1) is 0 Å². The van der Waals surface area contributed by atoms with E-state index in [0.29, 0.717) is 6.04 Å². The molecule has 3 nitrogen and oxygen atoms in total. The fraction of sp³-hybridized carbons (Fsp3) is 0.600. The molecule has 1 saturated carbocycles. The van der Waals surface area contributed by atoms with E-state index in [0.717, 1.165) is 31.1 Å². The number of benzene rings is 1. The Kier molecular flexibility index (Phi) is 3.69. The Morgan fingerprint density at radius 3 is 2.72 bits per heavy atom. The summed E-state index contributed by atoms with van der Waals surface area (Å²) < 4.78 is 11.4. The van der Waals surface area contributed by atoms with Crippen molar-refractivity contribution in [2.75, 3.05) is 18.5 Å². The van der Waals surface area contributed by atoms with Crippen LogP contribution in [-0.2, 0) is 4.74 Å². The summed E-state index contributed by atoms with van der Waals surface area (Å²) in [7, 11) is 0. The number of ether oxygens (including phenoxy) is 2. The number of hydrogen-bond acceptors (Lipinski definition) is 3. The Balaban J connectivity index is 1.67. The molecule has 0 spiro atoms. The van der Waals surface area contributed by atoms with Crippen molar-refractivity contribution in [1.82, 2.24) is 0 Å². The lowest BCUT2D eigenvalue weighted by Crippen LogP contribution is -2.19. The molecular weight excluding hydrogens is 226 g/mol. The smallest absolute Gasteiger partial charge is 0.142 e. The van der Waals surface area contributed by atoms with Crippen LogP contribution in [0.1, 0.15) is 32.1 Å². The van der Waals surface area contributed by atoms with Crippen LogP contribution in [0.15, 0.2) is 24.3 Å². The third kappa shape index (κ3) is 2.78. The largest absolute Gasteiger partial charge is 0.486 e.